The molecule has 4 aromatic rings. The largest absolute Gasteiger partial charge is 0.332 e. The van der Waals surface area contributed by atoms with Gasteiger partial charge in [0.2, 0.25) is 5.95 Å². The maximum absolute atomic E-state index is 5.44. The van der Waals surface area contributed by atoms with Crippen LogP contribution in [-0.2, 0) is 0 Å². The van der Waals surface area contributed by atoms with E-state index in [1.54, 1.807) is 12.4 Å². The molecule has 2 N–H and O–H groups in total. The Hall–Kier alpha value is -3.16. The molecule has 0 fully saturated rings. The number of para-hydroxylation sites is 1. The number of benzene rings is 2. The number of rotatable bonds is 4. The normalized spacial score (nSPS) is 10.4. The van der Waals surface area contributed by atoms with Gasteiger partial charge in [-0.3, -0.25) is 4.98 Å². The molecule has 142 valence electrons. The number of aromatic nitrogens is 3. The molecule has 0 aliphatic rings. The molecule has 7 heteroatoms. The van der Waals surface area contributed by atoms with Gasteiger partial charge in [-0.2, -0.15) is 0 Å². The van der Waals surface area contributed by atoms with E-state index in [2.05, 4.69) is 41.5 Å². The van der Waals surface area contributed by atoms with Crippen molar-refractivity contribution in [3.05, 3.63) is 89.7 Å². The second-order valence-corrected chi connectivity index (χ2v) is 7.49. The first-order valence-corrected chi connectivity index (χ1v) is 10.1. The Morgan fingerprint density at radius 3 is 2.10 bits per heavy atom. The van der Waals surface area contributed by atoms with Crippen LogP contribution in [0.15, 0.2) is 89.7 Å². The predicted molar refractivity (Wildman–Crippen MR) is 125 cm³/mol. The van der Waals surface area contributed by atoms with Gasteiger partial charge in [0.15, 0.2) is 5.11 Å². The molecule has 2 aromatic heterocycles. The number of hydrogen-bond acceptors (Lipinski definition) is 4. The molecular weight excluding hydrogens is 446 g/mol. The van der Waals surface area contributed by atoms with Crippen LogP contribution in [0.3, 0.4) is 0 Å². The van der Waals surface area contributed by atoms with Crippen molar-refractivity contribution in [2.45, 2.75) is 0 Å². The van der Waals surface area contributed by atoms with E-state index in [-0.39, 0.29) is 0 Å². The highest BCUT2D eigenvalue weighted by molar-refractivity contribution is 9.10. The molecule has 0 bridgehead atoms. The van der Waals surface area contributed by atoms with Crippen LogP contribution in [0.5, 0.6) is 0 Å². The minimum absolute atomic E-state index is 0.412. The molecule has 0 atom stereocenters. The summed E-state index contributed by atoms with van der Waals surface area (Å²) >= 11 is 8.90. The maximum atomic E-state index is 5.44. The molecule has 0 amide bonds. The fraction of sp³-hybridized carbons (Fsp3) is 0. The third-order valence-corrected chi connectivity index (χ3v) is 4.69. The van der Waals surface area contributed by atoms with E-state index in [9.17, 15) is 0 Å². The van der Waals surface area contributed by atoms with E-state index in [1.165, 1.54) is 0 Å². The summed E-state index contributed by atoms with van der Waals surface area (Å²) in [5, 5.41) is 6.65. The van der Waals surface area contributed by atoms with E-state index < -0.39 is 0 Å². The van der Waals surface area contributed by atoms with E-state index in [1.807, 2.05) is 72.8 Å². The smallest absolute Gasteiger partial charge is 0.230 e. The Bertz CT molecular complexity index is 1140. The molecule has 2 aromatic carbocycles. The van der Waals surface area contributed by atoms with Crippen LogP contribution in [0.25, 0.3) is 22.5 Å². The van der Waals surface area contributed by atoms with Crippen LogP contribution < -0.4 is 10.6 Å². The van der Waals surface area contributed by atoms with Gasteiger partial charge < -0.3 is 10.6 Å². The Labute approximate surface area is 182 Å². The minimum atomic E-state index is 0.412. The topological polar surface area (TPSA) is 62.7 Å². The number of halogens is 1. The summed E-state index contributed by atoms with van der Waals surface area (Å²) in [5.41, 5.74) is 4.30. The number of nitrogens with zero attached hydrogens (tertiary/aromatic N) is 3. The van der Waals surface area contributed by atoms with Gasteiger partial charge in [-0.25, -0.2) is 9.97 Å². The van der Waals surface area contributed by atoms with Crippen molar-refractivity contribution in [1.82, 2.24) is 15.0 Å². The van der Waals surface area contributed by atoms with Gasteiger partial charge >= 0.3 is 0 Å². The predicted octanol–water partition coefficient (Wildman–Crippen LogP) is 5.78. The summed E-state index contributed by atoms with van der Waals surface area (Å²) in [7, 11) is 0. The lowest BCUT2D eigenvalue weighted by Crippen LogP contribution is -2.20. The van der Waals surface area contributed by atoms with Gasteiger partial charge in [0.1, 0.15) is 0 Å². The molecule has 0 unspecified atom stereocenters. The first-order valence-electron chi connectivity index (χ1n) is 8.86. The van der Waals surface area contributed by atoms with Crippen molar-refractivity contribution in [1.29, 1.82) is 0 Å². The van der Waals surface area contributed by atoms with Gasteiger partial charge in [-0.05, 0) is 52.4 Å². The van der Waals surface area contributed by atoms with Crippen LogP contribution in [0.2, 0.25) is 0 Å². The maximum Gasteiger partial charge on any atom is 0.230 e. The second kappa shape index (κ2) is 8.89. The van der Waals surface area contributed by atoms with E-state index in [0.717, 1.165) is 32.7 Å². The average molecular weight is 462 g/mol. The standard InChI is InChI=1S/C22H16BrN5S/c23-17-11-16(13-24-14-17)20-12-19(15-7-3-1-4-8-15)26-21(27-20)28-22(29)25-18-9-5-2-6-10-18/h1-14H,(H2,25,26,27,28,29). The van der Waals surface area contributed by atoms with Crippen molar-refractivity contribution in [3.8, 4) is 22.5 Å². The minimum Gasteiger partial charge on any atom is -0.332 e. The number of anilines is 2. The van der Waals surface area contributed by atoms with Gasteiger partial charge in [0, 0.05) is 33.7 Å². The Balaban J connectivity index is 1.69. The Morgan fingerprint density at radius 2 is 1.41 bits per heavy atom. The van der Waals surface area contributed by atoms with E-state index >= 15 is 0 Å². The van der Waals surface area contributed by atoms with Crippen LogP contribution in [0.1, 0.15) is 0 Å². The summed E-state index contributed by atoms with van der Waals surface area (Å²) in [4.78, 5) is 13.5. The zero-order chi connectivity index (χ0) is 20.1. The first-order chi connectivity index (χ1) is 14.2. The van der Waals surface area contributed by atoms with Crippen LogP contribution in [0.4, 0.5) is 11.6 Å². The second-order valence-electron chi connectivity index (χ2n) is 6.17. The summed E-state index contributed by atoms with van der Waals surface area (Å²) in [6.07, 6.45) is 3.51. The zero-order valence-electron chi connectivity index (χ0n) is 15.2. The van der Waals surface area contributed by atoms with Gasteiger partial charge in [-0.1, -0.05) is 48.5 Å². The lowest BCUT2D eigenvalue weighted by Gasteiger charge is -2.12. The average Bonchev–Trinajstić information content (AvgIpc) is 2.75. The van der Waals surface area contributed by atoms with Gasteiger partial charge in [0.25, 0.3) is 0 Å². The molecule has 29 heavy (non-hydrogen) atoms. The fourth-order valence-corrected chi connectivity index (χ4v) is 3.32. The third kappa shape index (κ3) is 5.01. The number of nitrogens with one attached hydrogen (secondary N) is 2. The molecule has 2 heterocycles. The molecule has 4 rings (SSSR count). The van der Waals surface area contributed by atoms with Crippen molar-refractivity contribution in [2.75, 3.05) is 10.6 Å². The monoisotopic (exact) mass is 461 g/mol. The highest BCUT2D eigenvalue weighted by Gasteiger charge is 2.10. The lowest BCUT2D eigenvalue weighted by molar-refractivity contribution is 1.18. The fourth-order valence-electron chi connectivity index (χ4n) is 2.75. The van der Waals surface area contributed by atoms with E-state index in [0.29, 0.717) is 11.1 Å². The third-order valence-electron chi connectivity index (χ3n) is 4.05. The van der Waals surface area contributed by atoms with Crippen molar-refractivity contribution < 1.29 is 0 Å². The van der Waals surface area contributed by atoms with E-state index in [4.69, 9.17) is 12.2 Å². The van der Waals surface area contributed by atoms with Crippen molar-refractivity contribution >= 4 is 44.9 Å². The molecule has 0 aliphatic carbocycles. The van der Waals surface area contributed by atoms with Crippen molar-refractivity contribution in [3.63, 3.8) is 0 Å². The molecule has 0 radical (unpaired) electrons. The summed E-state index contributed by atoms with van der Waals surface area (Å²) < 4.78 is 0.880. The molecule has 0 saturated carbocycles. The van der Waals surface area contributed by atoms with Crippen molar-refractivity contribution in [2.24, 2.45) is 0 Å². The van der Waals surface area contributed by atoms with Crippen LogP contribution in [-0.4, -0.2) is 20.1 Å². The van der Waals surface area contributed by atoms with Gasteiger partial charge in [-0.15, -0.1) is 0 Å². The number of pyridine rings is 1. The Kier molecular flexibility index (Phi) is 5.88. The Morgan fingerprint density at radius 1 is 0.759 bits per heavy atom. The summed E-state index contributed by atoms with van der Waals surface area (Å²) in [6, 6.07) is 23.6. The highest BCUT2D eigenvalue weighted by Crippen LogP contribution is 2.26. The summed E-state index contributed by atoms with van der Waals surface area (Å²) in [5.74, 6) is 0.412. The number of hydrogen-bond donors (Lipinski definition) is 2. The first kappa shape index (κ1) is 19.2. The number of thiocarbonyl (C=S) groups is 1. The highest BCUT2D eigenvalue weighted by atomic mass is 79.9. The SMILES string of the molecule is S=C(Nc1ccccc1)Nc1nc(-c2ccccc2)cc(-c2cncc(Br)c2)n1. The molecule has 5 nitrogen and oxygen atoms in total. The molecule has 0 spiro atoms. The lowest BCUT2D eigenvalue weighted by atomic mass is 10.1. The van der Waals surface area contributed by atoms with Crippen LogP contribution in [0, 0.1) is 0 Å². The molecular formula is C22H16BrN5S. The summed E-state index contributed by atoms with van der Waals surface area (Å²) in [6.45, 7) is 0. The molecule has 0 saturated heterocycles. The molecule has 0 aliphatic heterocycles. The van der Waals surface area contributed by atoms with Crippen LogP contribution >= 0.6 is 28.1 Å². The zero-order valence-corrected chi connectivity index (χ0v) is 17.6. The van der Waals surface area contributed by atoms with Gasteiger partial charge in [0.05, 0.1) is 11.4 Å². The quantitative estimate of drug-likeness (QED) is 0.375.